The molecule has 6 nitrogen and oxygen atoms in total. The molecule has 6 fully saturated rings. The highest BCUT2D eigenvalue weighted by Gasteiger charge is 2.49. The molecule has 0 aromatic carbocycles. The minimum atomic E-state index is -3.07. The van der Waals surface area contributed by atoms with E-state index in [0.29, 0.717) is 25.0 Å². The van der Waals surface area contributed by atoms with Gasteiger partial charge in [-0.1, -0.05) is 0 Å². The van der Waals surface area contributed by atoms with Gasteiger partial charge in [0, 0.05) is 25.7 Å². The lowest BCUT2D eigenvalue weighted by Crippen LogP contribution is -2.58. The Hall–Kier alpha value is -0.660. The standard InChI is InChI=1S/C22H37N3O3S/c1-29(27,28)25-7-4-15(5-8-25)14-24-6-2-3-20(24)22(26)23-21-18-10-16-9-17(12-18)13-19(21)11-16/h15-21H,2-14H2,1H3,(H,23,26). The molecule has 4 bridgehead atoms. The molecule has 6 aliphatic rings. The highest BCUT2D eigenvalue weighted by atomic mass is 32.2. The monoisotopic (exact) mass is 423 g/mol. The smallest absolute Gasteiger partial charge is 0.237 e. The normalized spacial score (nSPS) is 41.1. The van der Waals surface area contributed by atoms with Crippen molar-refractivity contribution in [1.82, 2.24) is 14.5 Å². The van der Waals surface area contributed by atoms with Gasteiger partial charge in [-0.3, -0.25) is 9.69 Å². The fraction of sp³-hybridized carbons (Fsp3) is 0.955. The fourth-order valence-corrected chi connectivity index (χ4v) is 8.39. The van der Waals surface area contributed by atoms with E-state index in [-0.39, 0.29) is 11.9 Å². The molecule has 164 valence electrons. The Morgan fingerprint density at radius 3 is 2.14 bits per heavy atom. The number of nitrogens with one attached hydrogen (secondary N) is 1. The van der Waals surface area contributed by atoms with E-state index < -0.39 is 10.0 Å². The molecular weight excluding hydrogens is 386 g/mol. The number of rotatable bonds is 5. The lowest BCUT2D eigenvalue weighted by Gasteiger charge is -2.54. The van der Waals surface area contributed by atoms with Crippen molar-refractivity contribution >= 4 is 15.9 Å². The van der Waals surface area contributed by atoms with Crippen LogP contribution in [0.25, 0.3) is 0 Å². The van der Waals surface area contributed by atoms with Crippen LogP contribution in [0.1, 0.15) is 57.8 Å². The van der Waals surface area contributed by atoms with Gasteiger partial charge in [-0.2, -0.15) is 0 Å². The number of hydrogen-bond donors (Lipinski definition) is 1. The van der Waals surface area contributed by atoms with Gasteiger partial charge >= 0.3 is 0 Å². The Morgan fingerprint density at radius 1 is 0.931 bits per heavy atom. The Balaban J connectivity index is 1.16. The van der Waals surface area contributed by atoms with Gasteiger partial charge in [-0.15, -0.1) is 0 Å². The first kappa shape index (κ1) is 20.3. The van der Waals surface area contributed by atoms with Crippen molar-refractivity contribution < 1.29 is 13.2 Å². The molecule has 1 amide bonds. The number of piperidine rings is 1. The SMILES string of the molecule is CS(=O)(=O)N1CCC(CN2CCCC2C(=O)NC2C3CC4CC(C3)CC2C4)CC1. The first-order chi connectivity index (χ1) is 13.9. The average Bonchev–Trinajstić information content (AvgIpc) is 3.12. The zero-order valence-corrected chi connectivity index (χ0v) is 18.6. The molecule has 0 radical (unpaired) electrons. The van der Waals surface area contributed by atoms with Crippen LogP contribution < -0.4 is 5.32 Å². The van der Waals surface area contributed by atoms with Crippen molar-refractivity contribution in [3.05, 3.63) is 0 Å². The molecule has 1 unspecified atom stereocenters. The van der Waals surface area contributed by atoms with E-state index in [9.17, 15) is 13.2 Å². The van der Waals surface area contributed by atoms with Crippen LogP contribution in [0.3, 0.4) is 0 Å². The maximum atomic E-state index is 13.2. The molecule has 6 rings (SSSR count). The summed E-state index contributed by atoms with van der Waals surface area (Å²) in [5.74, 6) is 4.10. The van der Waals surface area contributed by atoms with Gasteiger partial charge in [0.05, 0.1) is 12.3 Å². The van der Waals surface area contributed by atoms with Crippen molar-refractivity contribution in [3.8, 4) is 0 Å². The zero-order valence-electron chi connectivity index (χ0n) is 17.8. The van der Waals surface area contributed by atoms with Crippen LogP contribution in [0.5, 0.6) is 0 Å². The van der Waals surface area contributed by atoms with Crippen LogP contribution in [0.2, 0.25) is 0 Å². The maximum absolute atomic E-state index is 13.2. The average molecular weight is 424 g/mol. The second-order valence-electron chi connectivity index (χ2n) is 10.7. The van der Waals surface area contributed by atoms with E-state index in [0.717, 1.165) is 62.4 Å². The van der Waals surface area contributed by atoms with Gasteiger partial charge in [-0.05, 0) is 93.9 Å². The molecule has 1 N–H and O–H groups in total. The summed E-state index contributed by atoms with van der Waals surface area (Å²) >= 11 is 0. The van der Waals surface area contributed by atoms with Crippen LogP contribution in [-0.2, 0) is 14.8 Å². The minimum absolute atomic E-state index is 0.0279. The van der Waals surface area contributed by atoms with Crippen LogP contribution in [-0.4, -0.2) is 68.0 Å². The van der Waals surface area contributed by atoms with E-state index in [2.05, 4.69) is 10.2 Å². The van der Waals surface area contributed by atoms with Gasteiger partial charge in [-0.25, -0.2) is 12.7 Å². The molecule has 4 aliphatic carbocycles. The predicted molar refractivity (Wildman–Crippen MR) is 113 cm³/mol. The van der Waals surface area contributed by atoms with Crippen LogP contribution >= 0.6 is 0 Å². The van der Waals surface area contributed by atoms with E-state index >= 15 is 0 Å². The third-order valence-electron chi connectivity index (χ3n) is 8.74. The summed E-state index contributed by atoms with van der Waals surface area (Å²) < 4.78 is 25.1. The van der Waals surface area contributed by atoms with Crippen LogP contribution in [0.15, 0.2) is 0 Å². The molecule has 0 aromatic rings. The molecule has 29 heavy (non-hydrogen) atoms. The summed E-state index contributed by atoms with van der Waals surface area (Å²) in [6, 6.07) is 0.455. The van der Waals surface area contributed by atoms with E-state index in [4.69, 9.17) is 0 Å². The molecule has 4 saturated carbocycles. The summed E-state index contributed by atoms with van der Waals surface area (Å²) in [5.41, 5.74) is 0. The topological polar surface area (TPSA) is 69.7 Å². The Bertz CT molecular complexity index is 704. The predicted octanol–water partition coefficient (Wildman–Crippen LogP) is 2.06. The van der Waals surface area contributed by atoms with Gasteiger partial charge < -0.3 is 5.32 Å². The number of carbonyl (C=O) groups excluding carboxylic acids is 1. The largest absolute Gasteiger partial charge is 0.351 e. The molecule has 2 saturated heterocycles. The van der Waals surface area contributed by atoms with Gasteiger partial charge in [0.2, 0.25) is 15.9 Å². The van der Waals surface area contributed by atoms with E-state index in [1.54, 1.807) is 4.31 Å². The second kappa shape index (κ2) is 7.79. The van der Waals surface area contributed by atoms with E-state index in [1.807, 2.05) is 0 Å². The minimum Gasteiger partial charge on any atom is -0.351 e. The summed E-state index contributed by atoms with van der Waals surface area (Å²) in [6.07, 6.45) is 12.0. The van der Waals surface area contributed by atoms with Crippen LogP contribution in [0, 0.1) is 29.6 Å². The van der Waals surface area contributed by atoms with Crippen molar-refractivity contribution in [1.29, 1.82) is 0 Å². The lowest BCUT2D eigenvalue weighted by molar-refractivity contribution is -0.129. The summed E-state index contributed by atoms with van der Waals surface area (Å²) in [7, 11) is -3.07. The van der Waals surface area contributed by atoms with Gasteiger partial charge in [0.25, 0.3) is 0 Å². The number of likely N-dealkylation sites (tertiary alicyclic amines) is 1. The quantitative estimate of drug-likeness (QED) is 0.735. The Kier molecular flexibility index (Phi) is 5.44. The van der Waals surface area contributed by atoms with E-state index in [1.165, 1.54) is 38.4 Å². The number of sulfonamides is 1. The molecule has 7 heteroatoms. The maximum Gasteiger partial charge on any atom is 0.237 e. The molecule has 1 atom stereocenters. The van der Waals surface area contributed by atoms with Crippen molar-refractivity contribution in [3.63, 3.8) is 0 Å². The van der Waals surface area contributed by atoms with Crippen molar-refractivity contribution in [2.24, 2.45) is 29.6 Å². The highest BCUT2D eigenvalue weighted by Crippen LogP contribution is 2.53. The van der Waals surface area contributed by atoms with Gasteiger partial charge in [0.1, 0.15) is 0 Å². The summed E-state index contributed by atoms with van der Waals surface area (Å²) in [4.78, 5) is 15.6. The summed E-state index contributed by atoms with van der Waals surface area (Å²) in [5, 5.41) is 3.53. The van der Waals surface area contributed by atoms with Gasteiger partial charge in [0.15, 0.2) is 0 Å². The second-order valence-corrected chi connectivity index (χ2v) is 12.7. The van der Waals surface area contributed by atoms with Crippen LogP contribution in [0.4, 0.5) is 0 Å². The zero-order chi connectivity index (χ0) is 20.2. The third kappa shape index (κ3) is 4.11. The third-order valence-corrected chi connectivity index (χ3v) is 10.0. The Morgan fingerprint density at radius 2 is 1.55 bits per heavy atom. The van der Waals surface area contributed by atoms with Crippen molar-refractivity contribution in [2.75, 3.05) is 32.4 Å². The molecule has 0 spiro atoms. The number of hydrogen-bond acceptors (Lipinski definition) is 4. The highest BCUT2D eigenvalue weighted by molar-refractivity contribution is 7.88. The lowest BCUT2D eigenvalue weighted by atomic mass is 9.54. The summed E-state index contributed by atoms with van der Waals surface area (Å²) in [6.45, 7) is 3.20. The number of nitrogens with zero attached hydrogens (tertiary/aromatic N) is 2. The van der Waals surface area contributed by atoms with Crippen molar-refractivity contribution in [2.45, 2.75) is 69.9 Å². The number of amides is 1. The first-order valence-corrected chi connectivity index (χ1v) is 13.7. The Labute approximate surface area is 175 Å². The molecule has 2 aliphatic heterocycles. The number of carbonyl (C=O) groups is 1. The first-order valence-electron chi connectivity index (χ1n) is 11.9. The fourth-order valence-electron chi connectivity index (χ4n) is 7.52. The molecular formula is C22H37N3O3S. The molecule has 0 aromatic heterocycles. The molecule has 2 heterocycles.